The highest BCUT2D eigenvalue weighted by Crippen LogP contribution is 2.28. The first-order valence-corrected chi connectivity index (χ1v) is 14.0. The van der Waals surface area contributed by atoms with E-state index < -0.39 is 0 Å². The average molecular weight is 580 g/mol. The van der Waals surface area contributed by atoms with E-state index >= 15 is 0 Å². The van der Waals surface area contributed by atoms with Crippen molar-refractivity contribution in [2.45, 2.75) is 6.54 Å². The molecule has 2 aromatic heterocycles. The first kappa shape index (κ1) is 26.4. The van der Waals surface area contributed by atoms with Gasteiger partial charge in [0.15, 0.2) is 5.13 Å². The second kappa shape index (κ2) is 11.8. The fraction of sp³-hybridized carbons (Fsp3) is 0.0312. The van der Waals surface area contributed by atoms with Gasteiger partial charge >= 0.3 is 0 Å². The molecule has 6 aromatic rings. The molecule has 2 N–H and O–H groups in total. The Bertz CT molecular complexity index is 1860. The number of rotatable bonds is 8. The standard InChI is InChI=1S/C32H23ClFN5OS/c33-25-13-15-26(16-14-25)36-32-37-29(20-41-32)21-9-11-22(12-10-21)31(40)38-35-17-24-19-39(30-8-4-2-6-27(24)30)18-23-5-1-3-7-28(23)34/h1-17,19-20H,18H2,(H,36,37)(H,38,40)/b35-17-. The fourth-order valence-corrected chi connectivity index (χ4v) is 5.32. The zero-order valence-corrected chi connectivity index (χ0v) is 23.2. The predicted octanol–water partition coefficient (Wildman–Crippen LogP) is 8.11. The van der Waals surface area contributed by atoms with Crippen LogP contribution in [0.4, 0.5) is 15.2 Å². The SMILES string of the molecule is O=C(N/N=C\c1cn(Cc2ccccc2F)c2ccccc12)c1ccc(-c2csc(Nc3ccc(Cl)cc3)n2)cc1. The van der Waals surface area contributed by atoms with Gasteiger partial charge in [-0.1, -0.05) is 60.1 Å². The Kier molecular flexibility index (Phi) is 7.58. The largest absolute Gasteiger partial charge is 0.342 e. The van der Waals surface area contributed by atoms with Gasteiger partial charge in [0.05, 0.1) is 18.5 Å². The Morgan fingerprint density at radius 1 is 0.976 bits per heavy atom. The summed E-state index contributed by atoms with van der Waals surface area (Å²) in [6.07, 6.45) is 3.52. The number of aromatic nitrogens is 2. The molecule has 41 heavy (non-hydrogen) atoms. The Morgan fingerprint density at radius 3 is 2.54 bits per heavy atom. The molecule has 2 heterocycles. The number of para-hydroxylation sites is 1. The summed E-state index contributed by atoms with van der Waals surface area (Å²) >= 11 is 7.45. The van der Waals surface area contributed by atoms with Crippen LogP contribution in [0.2, 0.25) is 5.02 Å². The summed E-state index contributed by atoms with van der Waals surface area (Å²) in [6.45, 7) is 0.386. The van der Waals surface area contributed by atoms with Crippen molar-refractivity contribution in [3.63, 3.8) is 0 Å². The second-order valence-corrected chi connectivity index (χ2v) is 10.6. The van der Waals surface area contributed by atoms with Gasteiger partial charge in [0, 0.05) is 55.4 Å². The zero-order valence-electron chi connectivity index (χ0n) is 21.6. The van der Waals surface area contributed by atoms with Gasteiger partial charge in [-0.2, -0.15) is 5.10 Å². The molecule has 0 aliphatic carbocycles. The molecule has 0 radical (unpaired) electrons. The summed E-state index contributed by atoms with van der Waals surface area (Å²) in [5, 5.41) is 11.8. The van der Waals surface area contributed by atoms with Gasteiger partial charge in [-0.3, -0.25) is 4.79 Å². The molecule has 9 heteroatoms. The number of thiazole rings is 1. The minimum atomic E-state index is -0.328. The number of halogens is 2. The van der Waals surface area contributed by atoms with Crippen molar-refractivity contribution in [1.29, 1.82) is 0 Å². The van der Waals surface area contributed by atoms with E-state index in [-0.39, 0.29) is 11.7 Å². The molecule has 0 fully saturated rings. The third-order valence-electron chi connectivity index (χ3n) is 6.53. The van der Waals surface area contributed by atoms with Crippen LogP contribution in [0, 0.1) is 5.82 Å². The monoisotopic (exact) mass is 579 g/mol. The Hall–Kier alpha value is -4.79. The van der Waals surface area contributed by atoms with E-state index in [0.717, 1.165) is 38.5 Å². The molecule has 1 amide bonds. The third-order valence-corrected chi connectivity index (χ3v) is 7.54. The minimum absolute atomic E-state index is 0.247. The van der Waals surface area contributed by atoms with Crippen molar-refractivity contribution in [2.75, 3.05) is 5.32 Å². The molecule has 0 saturated heterocycles. The van der Waals surface area contributed by atoms with Crippen molar-refractivity contribution in [3.8, 4) is 11.3 Å². The van der Waals surface area contributed by atoms with Crippen molar-refractivity contribution >= 4 is 56.8 Å². The molecular formula is C32H23ClFN5OS. The summed E-state index contributed by atoms with van der Waals surface area (Å²) in [4.78, 5) is 17.4. The molecule has 0 aliphatic rings. The lowest BCUT2D eigenvalue weighted by Gasteiger charge is -2.06. The van der Waals surface area contributed by atoms with Crippen LogP contribution in [0.3, 0.4) is 0 Å². The first-order chi connectivity index (χ1) is 20.0. The summed E-state index contributed by atoms with van der Waals surface area (Å²) in [7, 11) is 0. The smallest absolute Gasteiger partial charge is 0.271 e. The number of carbonyl (C=O) groups is 1. The lowest BCUT2D eigenvalue weighted by molar-refractivity contribution is 0.0955. The van der Waals surface area contributed by atoms with Crippen LogP contribution in [-0.2, 0) is 6.54 Å². The maximum atomic E-state index is 14.3. The normalized spacial score (nSPS) is 11.3. The highest BCUT2D eigenvalue weighted by Gasteiger charge is 2.11. The van der Waals surface area contributed by atoms with Gasteiger partial charge in [0.2, 0.25) is 0 Å². The van der Waals surface area contributed by atoms with Gasteiger partial charge in [-0.25, -0.2) is 14.8 Å². The lowest BCUT2D eigenvalue weighted by Crippen LogP contribution is -2.17. The summed E-state index contributed by atoms with van der Waals surface area (Å²) in [5.41, 5.74) is 8.05. The van der Waals surface area contributed by atoms with Crippen LogP contribution in [0.15, 0.2) is 114 Å². The molecule has 0 unspecified atom stereocenters. The molecule has 0 spiro atoms. The zero-order chi connectivity index (χ0) is 28.2. The topological polar surface area (TPSA) is 71.3 Å². The third kappa shape index (κ3) is 6.04. The number of hydrazone groups is 1. The number of fused-ring (bicyclic) bond motifs is 1. The van der Waals surface area contributed by atoms with Crippen LogP contribution >= 0.6 is 22.9 Å². The van der Waals surface area contributed by atoms with E-state index in [2.05, 4.69) is 20.8 Å². The van der Waals surface area contributed by atoms with Crippen LogP contribution in [-0.4, -0.2) is 21.7 Å². The number of nitrogens with one attached hydrogen (secondary N) is 2. The summed E-state index contributed by atoms with van der Waals surface area (Å²) in [5.74, 6) is -0.574. The quantitative estimate of drug-likeness (QED) is 0.141. The number of hydrogen-bond acceptors (Lipinski definition) is 5. The van der Waals surface area contributed by atoms with Crippen LogP contribution in [0.25, 0.3) is 22.2 Å². The Balaban J connectivity index is 1.12. The van der Waals surface area contributed by atoms with Crippen LogP contribution < -0.4 is 10.7 Å². The van der Waals surface area contributed by atoms with Gasteiger partial charge in [0.1, 0.15) is 5.82 Å². The number of hydrogen-bond donors (Lipinski definition) is 2. The number of benzene rings is 4. The highest BCUT2D eigenvalue weighted by atomic mass is 35.5. The molecule has 6 rings (SSSR count). The predicted molar refractivity (Wildman–Crippen MR) is 165 cm³/mol. The maximum absolute atomic E-state index is 14.3. The fourth-order valence-electron chi connectivity index (χ4n) is 4.46. The van der Waals surface area contributed by atoms with Gasteiger partial charge in [0.25, 0.3) is 5.91 Å². The molecule has 0 atom stereocenters. The van der Waals surface area contributed by atoms with Gasteiger partial charge < -0.3 is 9.88 Å². The number of carbonyl (C=O) groups excluding carboxylic acids is 1. The summed E-state index contributed by atoms with van der Waals surface area (Å²) < 4.78 is 16.2. The van der Waals surface area contributed by atoms with E-state index in [4.69, 9.17) is 11.6 Å². The Morgan fingerprint density at radius 2 is 1.73 bits per heavy atom. The maximum Gasteiger partial charge on any atom is 0.271 e. The van der Waals surface area contributed by atoms with Gasteiger partial charge in [-0.05, 0) is 48.5 Å². The number of anilines is 2. The number of nitrogens with zero attached hydrogens (tertiary/aromatic N) is 3. The van der Waals surface area contributed by atoms with Crippen molar-refractivity contribution in [1.82, 2.24) is 15.0 Å². The van der Waals surface area contributed by atoms with Crippen LogP contribution in [0.1, 0.15) is 21.5 Å². The van der Waals surface area contributed by atoms with Crippen molar-refractivity contribution < 1.29 is 9.18 Å². The van der Waals surface area contributed by atoms with E-state index in [9.17, 15) is 9.18 Å². The molecule has 0 aliphatic heterocycles. The minimum Gasteiger partial charge on any atom is -0.342 e. The second-order valence-electron chi connectivity index (χ2n) is 9.27. The van der Waals surface area contributed by atoms with Crippen molar-refractivity contribution in [3.05, 3.63) is 136 Å². The van der Waals surface area contributed by atoms with Gasteiger partial charge in [-0.15, -0.1) is 11.3 Å². The average Bonchev–Trinajstić information content (AvgIpc) is 3.60. The molecular weight excluding hydrogens is 557 g/mol. The highest BCUT2D eigenvalue weighted by molar-refractivity contribution is 7.14. The Labute approximate surface area is 244 Å². The first-order valence-electron chi connectivity index (χ1n) is 12.8. The molecule has 6 nitrogen and oxygen atoms in total. The summed E-state index contributed by atoms with van der Waals surface area (Å²) in [6, 6.07) is 29.2. The van der Waals surface area contributed by atoms with Crippen LogP contribution in [0.5, 0.6) is 0 Å². The molecule has 0 saturated carbocycles. The number of amides is 1. The van der Waals surface area contributed by atoms with E-state index in [1.807, 2.05) is 82.9 Å². The molecule has 0 bridgehead atoms. The van der Waals surface area contributed by atoms with E-state index in [1.54, 1.807) is 30.5 Å². The molecule has 4 aromatic carbocycles. The van der Waals surface area contributed by atoms with E-state index in [0.29, 0.717) is 22.7 Å². The van der Waals surface area contributed by atoms with Crippen molar-refractivity contribution in [2.24, 2.45) is 5.10 Å². The molecule has 202 valence electrons. The lowest BCUT2D eigenvalue weighted by atomic mass is 10.1. The van der Waals surface area contributed by atoms with E-state index in [1.165, 1.54) is 17.4 Å².